The fourth-order valence-electron chi connectivity index (χ4n) is 4.77. The van der Waals surface area contributed by atoms with Crippen molar-refractivity contribution < 1.29 is 9.47 Å². The van der Waals surface area contributed by atoms with E-state index >= 15 is 0 Å². The average Bonchev–Trinajstić information content (AvgIpc) is 3.51. The molecule has 4 aromatic rings. The number of benzene rings is 2. The number of rotatable bonds is 8. The van der Waals surface area contributed by atoms with Crippen LogP contribution in [-0.4, -0.2) is 64.5 Å². The van der Waals surface area contributed by atoms with Gasteiger partial charge in [-0.25, -0.2) is 4.98 Å². The fraction of sp³-hybridized carbons (Fsp3) is 0.370. The maximum Gasteiger partial charge on any atom is 0.124 e. The second kappa shape index (κ2) is 11.1. The topological polar surface area (TPSA) is 68.5 Å². The van der Waals surface area contributed by atoms with Crippen LogP contribution in [0, 0.1) is 0 Å². The Balaban J connectivity index is 0.00000304. The molecule has 1 saturated heterocycles. The van der Waals surface area contributed by atoms with Gasteiger partial charge in [0.15, 0.2) is 0 Å². The summed E-state index contributed by atoms with van der Waals surface area (Å²) in [5.41, 5.74) is 5.53. The van der Waals surface area contributed by atoms with E-state index in [1.807, 2.05) is 31.6 Å². The third kappa shape index (κ3) is 5.39. The van der Waals surface area contributed by atoms with Crippen molar-refractivity contribution in [1.29, 1.82) is 0 Å². The third-order valence-corrected chi connectivity index (χ3v) is 6.79. The van der Waals surface area contributed by atoms with Gasteiger partial charge in [0, 0.05) is 67.5 Å². The highest BCUT2D eigenvalue weighted by Crippen LogP contribution is 2.34. The summed E-state index contributed by atoms with van der Waals surface area (Å²) in [6.07, 6.45) is 8.09. The van der Waals surface area contributed by atoms with Crippen molar-refractivity contribution >= 4 is 34.8 Å². The standard InChI is InChI=1S/C27H32N6O2.ClH/c1-19-6-5-9-32(19)10-11-33(22-12-23(34-3)15-24(13-22)35-4)21-7-8-25-26(14-21)30-27(17-28-25)20-16-29-31(2)18-20;/h7-8,12-19H,5-6,9-11H2,1-4H3;1H/t19-;/m1./s1. The van der Waals surface area contributed by atoms with Crippen LogP contribution >= 0.6 is 12.4 Å². The highest BCUT2D eigenvalue weighted by Gasteiger charge is 2.22. The molecule has 1 fully saturated rings. The predicted octanol–water partition coefficient (Wildman–Crippen LogP) is 5.09. The van der Waals surface area contributed by atoms with Crippen molar-refractivity contribution in [3.05, 3.63) is 55.0 Å². The van der Waals surface area contributed by atoms with Crippen LogP contribution in [0.4, 0.5) is 11.4 Å². The number of ether oxygens (including phenoxy) is 2. The maximum absolute atomic E-state index is 5.57. The Morgan fingerprint density at radius 2 is 1.78 bits per heavy atom. The lowest BCUT2D eigenvalue weighted by atomic mass is 10.2. The summed E-state index contributed by atoms with van der Waals surface area (Å²) in [6, 6.07) is 12.9. The normalized spacial score (nSPS) is 15.6. The van der Waals surface area contributed by atoms with Crippen LogP contribution in [0.3, 0.4) is 0 Å². The predicted molar refractivity (Wildman–Crippen MR) is 146 cm³/mol. The van der Waals surface area contributed by atoms with E-state index in [9.17, 15) is 0 Å². The van der Waals surface area contributed by atoms with Crippen LogP contribution in [0.25, 0.3) is 22.3 Å². The number of methoxy groups -OCH3 is 2. The van der Waals surface area contributed by atoms with Gasteiger partial charge >= 0.3 is 0 Å². The highest BCUT2D eigenvalue weighted by atomic mass is 35.5. The van der Waals surface area contributed by atoms with Crippen molar-refractivity contribution in [3.8, 4) is 22.8 Å². The van der Waals surface area contributed by atoms with Gasteiger partial charge in [-0.1, -0.05) is 0 Å². The molecule has 0 saturated carbocycles. The molecule has 36 heavy (non-hydrogen) atoms. The molecule has 0 aliphatic carbocycles. The number of hydrogen-bond acceptors (Lipinski definition) is 7. The number of hydrogen-bond donors (Lipinski definition) is 0. The Hall–Kier alpha value is -3.36. The molecule has 1 atom stereocenters. The van der Waals surface area contributed by atoms with Crippen LogP contribution in [-0.2, 0) is 7.05 Å². The highest BCUT2D eigenvalue weighted by molar-refractivity contribution is 5.85. The summed E-state index contributed by atoms with van der Waals surface area (Å²) in [4.78, 5) is 14.4. The SMILES string of the molecule is COc1cc(OC)cc(N(CCN2CCC[C@H]2C)c2ccc3ncc(-c4cnn(C)c4)nc3c2)c1.Cl. The minimum atomic E-state index is 0. The number of halogens is 1. The Labute approximate surface area is 218 Å². The number of fused-ring (bicyclic) bond motifs is 1. The molecule has 9 heteroatoms. The summed E-state index contributed by atoms with van der Waals surface area (Å²) in [5.74, 6) is 1.52. The van der Waals surface area contributed by atoms with Crippen molar-refractivity contribution in [3.63, 3.8) is 0 Å². The molecule has 5 rings (SSSR count). The molecule has 1 aliphatic heterocycles. The molecule has 190 valence electrons. The van der Waals surface area contributed by atoms with E-state index in [0.717, 1.165) is 64.8 Å². The van der Waals surface area contributed by atoms with Crippen LogP contribution < -0.4 is 14.4 Å². The number of nitrogens with zero attached hydrogens (tertiary/aromatic N) is 6. The smallest absolute Gasteiger partial charge is 0.124 e. The Kier molecular flexibility index (Phi) is 7.96. The molecule has 0 spiro atoms. The van der Waals surface area contributed by atoms with Crippen molar-refractivity contribution in [2.24, 2.45) is 7.05 Å². The molecule has 0 bridgehead atoms. The fourth-order valence-corrected chi connectivity index (χ4v) is 4.77. The van der Waals surface area contributed by atoms with Gasteiger partial charge in [0.1, 0.15) is 11.5 Å². The quantitative estimate of drug-likeness (QED) is 0.328. The minimum Gasteiger partial charge on any atom is -0.497 e. The van der Waals surface area contributed by atoms with E-state index in [1.165, 1.54) is 12.8 Å². The molecule has 0 N–H and O–H groups in total. The van der Waals surface area contributed by atoms with Gasteiger partial charge in [-0.2, -0.15) is 5.10 Å². The van der Waals surface area contributed by atoms with E-state index in [-0.39, 0.29) is 12.4 Å². The molecule has 2 aromatic carbocycles. The zero-order valence-electron chi connectivity index (χ0n) is 21.2. The average molecular weight is 509 g/mol. The number of likely N-dealkylation sites (tertiary alicyclic amines) is 1. The first-order valence-electron chi connectivity index (χ1n) is 12.0. The van der Waals surface area contributed by atoms with Crippen LogP contribution in [0.2, 0.25) is 0 Å². The van der Waals surface area contributed by atoms with Crippen LogP contribution in [0.15, 0.2) is 55.0 Å². The lowest BCUT2D eigenvalue weighted by Crippen LogP contribution is -2.35. The first kappa shape index (κ1) is 25.7. The van der Waals surface area contributed by atoms with Gasteiger partial charge in [0.25, 0.3) is 0 Å². The molecule has 0 amide bonds. The Morgan fingerprint density at radius 1 is 1.00 bits per heavy atom. The molecule has 1 aliphatic rings. The molecule has 3 heterocycles. The molecular formula is C27H33ClN6O2. The zero-order valence-corrected chi connectivity index (χ0v) is 22.0. The van der Waals surface area contributed by atoms with Gasteiger partial charge in [-0.05, 0) is 44.5 Å². The van der Waals surface area contributed by atoms with E-state index in [0.29, 0.717) is 6.04 Å². The summed E-state index contributed by atoms with van der Waals surface area (Å²) in [6.45, 7) is 5.27. The maximum atomic E-state index is 5.57. The van der Waals surface area contributed by atoms with Gasteiger partial charge < -0.3 is 14.4 Å². The third-order valence-electron chi connectivity index (χ3n) is 6.79. The van der Waals surface area contributed by atoms with Crippen molar-refractivity contribution in [2.45, 2.75) is 25.8 Å². The molecule has 0 radical (unpaired) electrons. The second-order valence-corrected chi connectivity index (χ2v) is 9.08. The van der Waals surface area contributed by atoms with Crippen molar-refractivity contribution in [1.82, 2.24) is 24.6 Å². The number of aryl methyl sites for hydroxylation is 1. The Bertz CT molecular complexity index is 1300. The first-order chi connectivity index (χ1) is 17.0. The number of aromatic nitrogens is 4. The lowest BCUT2D eigenvalue weighted by Gasteiger charge is -2.30. The van der Waals surface area contributed by atoms with Crippen LogP contribution in [0.5, 0.6) is 11.5 Å². The van der Waals surface area contributed by atoms with E-state index < -0.39 is 0 Å². The Morgan fingerprint density at radius 3 is 2.42 bits per heavy atom. The van der Waals surface area contributed by atoms with Gasteiger partial charge in [-0.3, -0.25) is 14.6 Å². The van der Waals surface area contributed by atoms with E-state index in [4.69, 9.17) is 14.5 Å². The van der Waals surface area contributed by atoms with E-state index in [1.54, 1.807) is 25.1 Å². The van der Waals surface area contributed by atoms with Gasteiger partial charge in [0.05, 0.1) is 43.3 Å². The first-order valence-corrected chi connectivity index (χ1v) is 12.0. The molecular weight excluding hydrogens is 476 g/mol. The van der Waals surface area contributed by atoms with Gasteiger partial charge in [0.2, 0.25) is 0 Å². The summed E-state index contributed by atoms with van der Waals surface area (Å²) < 4.78 is 12.9. The summed E-state index contributed by atoms with van der Waals surface area (Å²) in [7, 11) is 5.26. The molecule has 2 aromatic heterocycles. The summed E-state index contributed by atoms with van der Waals surface area (Å²) >= 11 is 0. The largest absolute Gasteiger partial charge is 0.497 e. The second-order valence-electron chi connectivity index (χ2n) is 9.08. The lowest BCUT2D eigenvalue weighted by molar-refractivity contribution is 0.276. The monoisotopic (exact) mass is 508 g/mol. The van der Waals surface area contributed by atoms with Gasteiger partial charge in [-0.15, -0.1) is 12.4 Å². The zero-order chi connectivity index (χ0) is 24.4. The van der Waals surface area contributed by atoms with Crippen LogP contribution in [0.1, 0.15) is 19.8 Å². The molecule has 0 unspecified atom stereocenters. The molecule has 8 nitrogen and oxygen atoms in total. The minimum absolute atomic E-state index is 0. The number of anilines is 2. The summed E-state index contributed by atoms with van der Waals surface area (Å²) in [5, 5.41) is 4.27. The van der Waals surface area contributed by atoms with E-state index in [2.05, 4.69) is 51.1 Å². The van der Waals surface area contributed by atoms with Crippen molar-refractivity contribution in [2.75, 3.05) is 38.8 Å².